The Hall–Kier alpha value is -0.650. The largest absolute Gasteiger partial charge is 0.379 e. The molecule has 1 N–H and O–H groups in total. The molecule has 0 fully saturated rings. The number of hydrogen-bond donors (Lipinski definition) is 1. The van der Waals surface area contributed by atoms with E-state index < -0.39 is 40.8 Å². The summed E-state index contributed by atoms with van der Waals surface area (Å²) in [7, 11) is -4.38. The van der Waals surface area contributed by atoms with Gasteiger partial charge < -0.3 is 0 Å². The Morgan fingerprint density at radius 3 is 1.72 bits per heavy atom. The maximum absolute atomic E-state index is 12.7. The van der Waals surface area contributed by atoms with Gasteiger partial charge in [0.15, 0.2) is 0 Å². The number of nitrogens with one attached hydrogen (secondary N) is 1. The Morgan fingerprint density at radius 2 is 1.44 bits per heavy atom. The van der Waals surface area contributed by atoms with Crippen molar-refractivity contribution in [3.05, 3.63) is 0 Å². The van der Waals surface area contributed by atoms with Gasteiger partial charge in [-0.1, -0.05) is 0 Å². The van der Waals surface area contributed by atoms with Gasteiger partial charge in [-0.05, 0) is 0 Å². The molecule has 12 heteroatoms. The molecule has 0 aromatic heterocycles. The Labute approximate surface area is 96.2 Å². The summed E-state index contributed by atoms with van der Waals surface area (Å²) in [6.07, 6.45) is -4.73. The normalized spacial score (nSPS) is 15.2. The molecule has 0 radical (unpaired) electrons. The second-order valence-corrected chi connectivity index (χ2v) is 5.13. The molecule has 0 aromatic rings. The van der Waals surface area contributed by atoms with E-state index >= 15 is 0 Å². The van der Waals surface area contributed by atoms with Crippen molar-refractivity contribution in [1.29, 1.82) is 0 Å². The molecule has 0 unspecified atom stereocenters. The average Bonchev–Trinajstić information content (AvgIpc) is 2.13. The quantitative estimate of drug-likeness (QED) is 0.759. The SMILES string of the molecule is CS(=O)(=O)NCC(F)(F)C(F)(F)C(F)(F)C(F)F. The van der Waals surface area contributed by atoms with Crippen LogP contribution in [0.15, 0.2) is 0 Å². The van der Waals surface area contributed by atoms with Crippen LogP contribution in [0, 0.1) is 0 Å². The maximum atomic E-state index is 12.7. The monoisotopic (exact) mass is 309 g/mol. The van der Waals surface area contributed by atoms with Crippen molar-refractivity contribution in [3.8, 4) is 0 Å². The lowest BCUT2D eigenvalue weighted by atomic mass is 10.1. The Balaban J connectivity index is 5.20. The van der Waals surface area contributed by atoms with Crippen molar-refractivity contribution in [1.82, 2.24) is 4.72 Å². The van der Waals surface area contributed by atoms with Crippen LogP contribution in [-0.4, -0.2) is 45.4 Å². The molecule has 0 rings (SSSR count). The smallest absolute Gasteiger partial charge is 0.213 e. The van der Waals surface area contributed by atoms with Gasteiger partial charge in [0.2, 0.25) is 10.0 Å². The van der Waals surface area contributed by atoms with Gasteiger partial charge in [0, 0.05) is 0 Å². The number of rotatable bonds is 6. The zero-order chi connectivity index (χ0) is 15.0. The molecule has 3 nitrogen and oxygen atoms in total. The minimum atomic E-state index is -6.41. The van der Waals surface area contributed by atoms with Crippen LogP contribution in [0.3, 0.4) is 0 Å². The predicted molar refractivity (Wildman–Crippen MR) is 43.7 cm³/mol. The minimum Gasteiger partial charge on any atom is -0.213 e. The Bertz CT molecular complexity index is 392. The third-order valence-corrected chi connectivity index (χ3v) is 2.38. The summed E-state index contributed by atoms with van der Waals surface area (Å²) >= 11 is 0. The number of halogens is 8. The van der Waals surface area contributed by atoms with Crippen molar-refractivity contribution in [3.63, 3.8) is 0 Å². The van der Waals surface area contributed by atoms with Crippen LogP contribution < -0.4 is 4.72 Å². The van der Waals surface area contributed by atoms with Gasteiger partial charge in [-0.3, -0.25) is 0 Å². The third-order valence-electron chi connectivity index (χ3n) is 1.71. The van der Waals surface area contributed by atoms with Crippen LogP contribution in [0.2, 0.25) is 0 Å². The summed E-state index contributed by atoms with van der Waals surface area (Å²) in [4.78, 5) is 0. The molecule has 0 aromatic carbocycles. The van der Waals surface area contributed by atoms with Crippen molar-refractivity contribution in [2.75, 3.05) is 12.8 Å². The summed E-state index contributed by atoms with van der Waals surface area (Å²) in [6.45, 7) is -2.43. The van der Waals surface area contributed by atoms with Gasteiger partial charge in [-0.15, -0.1) is 0 Å². The zero-order valence-electron chi connectivity index (χ0n) is 8.53. The average molecular weight is 309 g/mol. The molecule has 0 aliphatic rings. The fourth-order valence-electron chi connectivity index (χ4n) is 0.714. The number of alkyl halides is 8. The number of hydrogen-bond acceptors (Lipinski definition) is 2. The molecule has 0 atom stereocenters. The van der Waals surface area contributed by atoms with Gasteiger partial charge in [0.1, 0.15) is 0 Å². The van der Waals surface area contributed by atoms with E-state index in [0.29, 0.717) is 6.26 Å². The van der Waals surface area contributed by atoms with Crippen LogP contribution in [0.25, 0.3) is 0 Å². The molecule has 0 bridgehead atoms. The molecule has 0 saturated heterocycles. The highest BCUT2D eigenvalue weighted by molar-refractivity contribution is 7.88. The first-order valence-electron chi connectivity index (χ1n) is 4.01. The maximum Gasteiger partial charge on any atom is 0.379 e. The molecular weight excluding hydrogens is 302 g/mol. The molecule has 110 valence electrons. The summed E-state index contributed by atoms with van der Waals surface area (Å²) in [5.41, 5.74) is 0. The van der Waals surface area contributed by atoms with E-state index in [0.717, 1.165) is 4.72 Å². The first-order valence-corrected chi connectivity index (χ1v) is 5.90. The topological polar surface area (TPSA) is 46.2 Å². The fraction of sp³-hybridized carbons (Fsp3) is 1.00. The lowest BCUT2D eigenvalue weighted by Gasteiger charge is -2.32. The van der Waals surface area contributed by atoms with Crippen LogP contribution in [0.1, 0.15) is 0 Å². The summed E-state index contributed by atoms with van der Waals surface area (Å²) in [6, 6.07) is 0. The first kappa shape index (κ1) is 17.4. The summed E-state index contributed by atoms with van der Waals surface area (Å²) < 4.78 is 120. The van der Waals surface area contributed by atoms with Crippen molar-refractivity contribution in [2.45, 2.75) is 24.2 Å². The van der Waals surface area contributed by atoms with Gasteiger partial charge in [-0.2, -0.15) is 26.3 Å². The molecule has 0 heterocycles. The van der Waals surface area contributed by atoms with E-state index in [1.165, 1.54) is 0 Å². The lowest BCUT2D eigenvalue weighted by Crippen LogP contribution is -2.60. The summed E-state index contributed by atoms with van der Waals surface area (Å²) in [5, 5.41) is 0. The molecule has 0 spiro atoms. The molecule has 18 heavy (non-hydrogen) atoms. The van der Waals surface area contributed by atoms with E-state index in [9.17, 15) is 43.5 Å². The van der Waals surface area contributed by atoms with Crippen LogP contribution in [-0.2, 0) is 10.0 Å². The molecule has 0 aliphatic carbocycles. The minimum absolute atomic E-state index is 0.298. The number of sulfonamides is 1. The van der Waals surface area contributed by atoms with Gasteiger partial charge >= 0.3 is 24.2 Å². The van der Waals surface area contributed by atoms with Crippen LogP contribution in [0.4, 0.5) is 35.1 Å². The van der Waals surface area contributed by atoms with Gasteiger partial charge in [0.05, 0.1) is 12.8 Å². The molecule has 0 aliphatic heterocycles. The standard InChI is InChI=1S/C6H7F8NO2S/c1-18(16,17)15-2-4(9,10)6(13,14)5(11,12)3(7)8/h3,15H,2H2,1H3. The van der Waals surface area contributed by atoms with Crippen molar-refractivity contribution >= 4 is 10.0 Å². The molecule has 0 saturated carbocycles. The van der Waals surface area contributed by atoms with E-state index in [1.807, 2.05) is 0 Å². The Morgan fingerprint density at radius 1 is 1.06 bits per heavy atom. The van der Waals surface area contributed by atoms with E-state index in [2.05, 4.69) is 0 Å². The van der Waals surface area contributed by atoms with Crippen LogP contribution >= 0.6 is 0 Å². The highest BCUT2D eigenvalue weighted by Gasteiger charge is 2.75. The van der Waals surface area contributed by atoms with Crippen molar-refractivity contribution < 1.29 is 43.5 Å². The van der Waals surface area contributed by atoms with Gasteiger partial charge in [0.25, 0.3) is 0 Å². The highest BCUT2D eigenvalue weighted by Crippen LogP contribution is 2.48. The van der Waals surface area contributed by atoms with Crippen molar-refractivity contribution in [2.24, 2.45) is 0 Å². The second kappa shape index (κ2) is 4.79. The van der Waals surface area contributed by atoms with E-state index in [1.54, 1.807) is 0 Å². The second-order valence-electron chi connectivity index (χ2n) is 3.30. The summed E-state index contributed by atoms with van der Waals surface area (Å²) in [5.74, 6) is -18.4. The van der Waals surface area contributed by atoms with Crippen LogP contribution in [0.5, 0.6) is 0 Å². The third kappa shape index (κ3) is 3.43. The Kier molecular flexibility index (Phi) is 4.62. The first-order chi connectivity index (χ1) is 7.65. The highest BCUT2D eigenvalue weighted by atomic mass is 32.2. The zero-order valence-corrected chi connectivity index (χ0v) is 9.35. The predicted octanol–water partition coefficient (Wildman–Crippen LogP) is 1.71. The molecule has 0 amide bonds. The molecular formula is C6H7F8NO2S. The lowest BCUT2D eigenvalue weighted by molar-refractivity contribution is -0.335. The van der Waals surface area contributed by atoms with E-state index in [4.69, 9.17) is 0 Å². The van der Waals surface area contributed by atoms with Gasteiger partial charge in [-0.25, -0.2) is 21.9 Å². The van der Waals surface area contributed by atoms with E-state index in [-0.39, 0.29) is 0 Å². The fourth-order valence-corrected chi connectivity index (χ4v) is 1.16.